The van der Waals surface area contributed by atoms with E-state index in [1.54, 1.807) is 12.1 Å². The van der Waals surface area contributed by atoms with Crippen molar-refractivity contribution in [3.05, 3.63) is 23.8 Å². The van der Waals surface area contributed by atoms with Gasteiger partial charge in [-0.15, -0.1) is 0 Å². The molecule has 6 heteroatoms. The van der Waals surface area contributed by atoms with E-state index in [9.17, 15) is 9.59 Å². The largest absolute Gasteiger partial charge is 0.364 e. The fraction of sp³-hybridized carbons (Fsp3) is 0.467. The topological polar surface area (TPSA) is 93.5 Å². The number of hydrogen-bond donors (Lipinski definition) is 3. The Balaban J connectivity index is 2.04. The van der Waals surface area contributed by atoms with Crippen LogP contribution in [0.2, 0.25) is 0 Å². The molecule has 2 atom stereocenters. The van der Waals surface area contributed by atoms with Crippen LogP contribution in [0.15, 0.2) is 18.2 Å². The van der Waals surface area contributed by atoms with Crippen molar-refractivity contribution in [1.29, 1.82) is 0 Å². The van der Waals surface area contributed by atoms with E-state index < -0.39 is 6.10 Å². The zero-order valence-corrected chi connectivity index (χ0v) is 12.3. The van der Waals surface area contributed by atoms with Crippen LogP contribution in [-0.4, -0.2) is 30.6 Å². The number of amides is 2. The van der Waals surface area contributed by atoms with Gasteiger partial charge in [-0.1, -0.05) is 6.07 Å². The molecule has 1 fully saturated rings. The van der Waals surface area contributed by atoms with Crippen LogP contribution in [0.25, 0.3) is 0 Å². The van der Waals surface area contributed by atoms with Gasteiger partial charge in [0.15, 0.2) is 0 Å². The average Bonchev–Trinajstić information content (AvgIpc) is 2.91. The summed E-state index contributed by atoms with van der Waals surface area (Å²) in [6.45, 7) is 3.77. The molecule has 1 aromatic carbocycles. The molecule has 4 N–H and O–H groups in total. The molecule has 1 aliphatic rings. The SMILES string of the molecule is CC(=O)Nc1ccc(C)c(NC(=O)C2CCC(CN)O2)c1. The summed E-state index contributed by atoms with van der Waals surface area (Å²) in [6, 6.07) is 5.38. The van der Waals surface area contributed by atoms with Crippen molar-refractivity contribution in [2.45, 2.75) is 38.9 Å². The van der Waals surface area contributed by atoms with Crippen molar-refractivity contribution in [3.63, 3.8) is 0 Å². The van der Waals surface area contributed by atoms with Gasteiger partial charge in [-0.25, -0.2) is 0 Å². The van der Waals surface area contributed by atoms with Crippen molar-refractivity contribution < 1.29 is 14.3 Å². The fourth-order valence-electron chi connectivity index (χ4n) is 2.32. The summed E-state index contributed by atoms with van der Waals surface area (Å²) in [7, 11) is 0. The minimum Gasteiger partial charge on any atom is -0.364 e. The highest BCUT2D eigenvalue weighted by atomic mass is 16.5. The van der Waals surface area contributed by atoms with Gasteiger partial charge in [0, 0.05) is 24.8 Å². The Bertz CT molecular complexity index is 545. The van der Waals surface area contributed by atoms with E-state index in [1.807, 2.05) is 13.0 Å². The first kappa shape index (κ1) is 15.5. The third-order valence-corrected chi connectivity index (χ3v) is 3.48. The quantitative estimate of drug-likeness (QED) is 0.781. The van der Waals surface area contributed by atoms with Gasteiger partial charge in [0.25, 0.3) is 5.91 Å². The number of carbonyl (C=O) groups is 2. The molecule has 2 rings (SSSR count). The molecule has 1 heterocycles. The number of hydrogen-bond acceptors (Lipinski definition) is 4. The number of nitrogens with two attached hydrogens (primary N) is 1. The highest BCUT2D eigenvalue weighted by Crippen LogP contribution is 2.24. The van der Waals surface area contributed by atoms with Crippen LogP contribution in [0.3, 0.4) is 0 Å². The molecule has 0 bridgehead atoms. The maximum Gasteiger partial charge on any atom is 0.253 e. The Hall–Kier alpha value is -1.92. The van der Waals surface area contributed by atoms with Crippen LogP contribution in [-0.2, 0) is 14.3 Å². The Morgan fingerprint density at radius 3 is 2.71 bits per heavy atom. The molecule has 0 saturated carbocycles. The van der Waals surface area contributed by atoms with Crippen LogP contribution in [0, 0.1) is 6.92 Å². The van der Waals surface area contributed by atoms with Gasteiger partial charge in [-0.05, 0) is 37.5 Å². The molecule has 1 saturated heterocycles. The molecule has 1 aliphatic heterocycles. The smallest absolute Gasteiger partial charge is 0.253 e. The second-order valence-corrected chi connectivity index (χ2v) is 5.26. The van der Waals surface area contributed by atoms with E-state index in [2.05, 4.69) is 10.6 Å². The van der Waals surface area contributed by atoms with E-state index in [0.29, 0.717) is 24.3 Å². The Morgan fingerprint density at radius 2 is 2.10 bits per heavy atom. The van der Waals surface area contributed by atoms with Crippen molar-refractivity contribution >= 4 is 23.2 Å². The van der Waals surface area contributed by atoms with Gasteiger partial charge >= 0.3 is 0 Å². The lowest BCUT2D eigenvalue weighted by molar-refractivity contribution is -0.126. The monoisotopic (exact) mass is 291 g/mol. The van der Waals surface area contributed by atoms with Crippen molar-refractivity contribution in [3.8, 4) is 0 Å². The first-order valence-electron chi connectivity index (χ1n) is 7.04. The van der Waals surface area contributed by atoms with E-state index in [-0.39, 0.29) is 17.9 Å². The summed E-state index contributed by atoms with van der Waals surface area (Å²) >= 11 is 0. The number of rotatable bonds is 4. The summed E-state index contributed by atoms with van der Waals surface area (Å²) in [4.78, 5) is 23.3. The average molecular weight is 291 g/mol. The van der Waals surface area contributed by atoms with E-state index >= 15 is 0 Å². The van der Waals surface area contributed by atoms with Crippen LogP contribution in [0.1, 0.15) is 25.3 Å². The molecular formula is C15H21N3O3. The molecule has 0 spiro atoms. The summed E-state index contributed by atoms with van der Waals surface area (Å²) in [6.07, 6.45) is 0.993. The number of benzene rings is 1. The molecule has 2 amide bonds. The predicted octanol–water partition coefficient (Wildman–Crippen LogP) is 1.40. The second kappa shape index (κ2) is 6.69. The lowest BCUT2D eigenvalue weighted by Gasteiger charge is -2.15. The number of ether oxygens (including phenoxy) is 1. The van der Waals surface area contributed by atoms with Crippen LogP contribution < -0.4 is 16.4 Å². The molecule has 1 aromatic rings. The van der Waals surface area contributed by atoms with Gasteiger partial charge in [-0.2, -0.15) is 0 Å². The normalized spacial score (nSPS) is 21.1. The lowest BCUT2D eigenvalue weighted by Crippen LogP contribution is -2.30. The second-order valence-electron chi connectivity index (χ2n) is 5.26. The fourth-order valence-corrected chi connectivity index (χ4v) is 2.32. The number of carbonyl (C=O) groups excluding carboxylic acids is 2. The molecule has 21 heavy (non-hydrogen) atoms. The minimum atomic E-state index is -0.456. The number of nitrogens with one attached hydrogen (secondary N) is 2. The van der Waals surface area contributed by atoms with Gasteiger partial charge in [0.05, 0.1) is 6.10 Å². The molecule has 6 nitrogen and oxygen atoms in total. The third kappa shape index (κ3) is 4.03. The molecule has 0 radical (unpaired) electrons. The summed E-state index contributed by atoms with van der Waals surface area (Å²) in [5.41, 5.74) is 7.79. The number of aryl methyl sites for hydroxylation is 1. The van der Waals surface area contributed by atoms with Crippen molar-refractivity contribution in [2.24, 2.45) is 5.73 Å². The van der Waals surface area contributed by atoms with Crippen LogP contribution in [0.4, 0.5) is 11.4 Å². The molecule has 0 aliphatic carbocycles. The highest BCUT2D eigenvalue weighted by molar-refractivity contribution is 5.96. The Labute approximate surface area is 124 Å². The van der Waals surface area contributed by atoms with E-state index in [4.69, 9.17) is 10.5 Å². The van der Waals surface area contributed by atoms with Crippen molar-refractivity contribution in [2.75, 3.05) is 17.2 Å². The van der Waals surface area contributed by atoms with Crippen LogP contribution >= 0.6 is 0 Å². The molecular weight excluding hydrogens is 270 g/mol. The minimum absolute atomic E-state index is 0.0347. The van der Waals surface area contributed by atoms with Crippen LogP contribution in [0.5, 0.6) is 0 Å². The predicted molar refractivity (Wildman–Crippen MR) is 81.1 cm³/mol. The highest BCUT2D eigenvalue weighted by Gasteiger charge is 2.30. The molecule has 114 valence electrons. The molecule has 0 aromatic heterocycles. The van der Waals surface area contributed by atoms with Gasteiger partial charge in [-0.3, -0.25) is 9.59 Å². The lowest BCUT2D eigenvalue weighted by atomic mass is 10.1. The number of anilines is 2. The van der Waals surface area contributed by atoms with E-state index in [0.717, 1.165) is 12.0 Å². The molecule has 2 unspecified atom stereocenters. The maximum atomic E-state index is 12.2. The van der Waals surface area contributed by atoms with Gasteiger partial charge < -0.3 is 21.1 Å². The Morgan fingerprint density at radius 1 is 1.33 bits per heavy atom. The van der Waals surface area contributed by atoms with Crippen molar-refractivity contribution in [1.82, 2.24) is 0 Å². The summed E-state index contributed by atoms with van der Waals surface area (Å²) in [5, 5.41) is 5.55. The summed E-state index contributed by atoms with van der Waals surface area (Å²) in [5.74, 6) is -0.324. The Kier molecular flexibility index (Phi) is 4.93. The maximum absolute atomic E-state index is 12.2. The van der Waals surface area contributed by atoms with Gasteiger partial charge in [0.2, 0.25) is 5.91 Å². The van der Waals surface area contributed by atoms with E-state index in [1.165, 1.54) is 6.92 Å². The van der Waals surface area contributed by atoms with Gasteiger partial charge in [0.1, 0.15) is 6.10 Å². The first-order valence-corrected chi connectivity index (χ1v) is 7.04. The first-order chi connectivity index (χ1) is 9.99. The summed E-state index contributed by atoms with van der Waals surface area (Å²) < 4.78 is 5.57. The third-order valence-electron chi connectivity index (χ3n) is 3.48. The standard InChI is InChI=1S/C15H21N3O3/c1-9-3-4-11(17-10(2)19)7-13(9)18-15(20)14-6-5-12(8-16)21-14/h3-4,7,12,14H,5-6,8,16H2,1-2H3,(H,17,19)(H,18,20). The zero-order valence-electron chi connectivity index (χ0n) is 12.3. The zero-order chi connectivity index (χ0) is 15.4.